The topological polar surface area (TPSA) is 47.4 Å². The third kappa shape index (κ3) is 5.02. The third-order valence-corrected chi connectivity index (χ3v) is 4.72. The van der Waals surface area contributed by atoms with E-state index in [1.165, 1.54) is 0 Å². The maximum absolute atomic E-state index is 12.6. The van der Waals surface area contributed by atoms with Gasteiger partial charge in [0.25, 0.3) is 5.91 Å². The molecule has 1 amide bonds. The predicted octanol–water partition coefficient (Wildman–Crippen LogP) is 4.39. The lowest BCUT2D eigenvalue weighted by Crippen LogP contribution is -2.30. The lowest BCUT2D eigenvalue weighted by molar-refractivity contribution is 0.0773. The number of halogens is 2. The highest BCUT2D eigenvalue weighted by atomic mass is 35.5. The molecule has 0 radical (unpaired) electrons. The molecule has 3 aromatic rings. The maximum Gasteiger partial charge on any atom is 0.256 e. The van der Waals surface area contributed by atoms with E-state index in [9.17, 15) is 4.79 Å². The largest absolute Gasteiger partial charge is 0.490 e. The molecule has 0 fully saturated rings. The van der Waals surface area contributed by atoms with Crippen LogP contribution in [0.1, 0.15) is 15.9 Å². The van der Waals surface area contributed by atoms with Crippen molar-refractivity contribution in [3.63, 3.8) is 0 Å². The zero-order valence-corrected chi connectivity index (χ0v) is 16.3. The van der Waals surface area contributed by atoms with Crippen molar-refractivity contribution in [2.75, 3.05) is 20.2 Å². The Labute approximate surface area is 168 Å². The molecule has 5 nitrogen and oxygen atoms in total. The van der Waals surface area contributed by atoms with Gasteiger partial charge in [-0.25, -0.2) is 0 Å². The van der Waals surface area contributed by atoms with Gasteiger partial charge in [0.2, 0.25) is 0 Å². The van der Waals surface area contributed by atoms with Gasteiger partial charge in [-0.1, -0.05) is 53.5 Å². The van der Waals surface area contributed by atoms with Gasteiger partial charge in [-0.15, -0.1) is 0 Å². The first-order chi connectivity index (χ1) is 13.0. The van der Waals surface area contributed by atoms with E-state index in [-0.39, 0.29) is 5.91 Å². The van der Waals surface area contributed by atoms with E-state index in [4.69, 9.17) is 27.9 Å². The fraction of sp³-hybridized carbons (Fsp3) is 0.200. The Balaban J connectivity index is 1.55. The average Bonchev–Trinajstić information content (AvgIpc) is 3.13. The summed E-state index contributed by atoms with van der Waals surface area (Å²) in [4.78, 5) is 14.1. The number of hydrogen-bond donors (Lipinski definition) is 0. The van der Waals surface area contributed by atoms with Crippen LogP contribution in [-0.2, 0) is 6.54 Å². The van der Waals surface area contributed by atoms with Crippen molar-refractivity contribution in [2.24, 2.45) is 0 Å². The molecule has 0 unspecified atom stereocenters. The van der Waals surface area contributed by atoms with Gasteiger partial charge in [0, 0.05) is 18.3 Å². The minimum absolute atomic E-state index is 0.122. The third-order valence-electron chi connectivity index (χ3n) is 4.04. The van der Waals surface area contributed by atoms with Crippen LogP contribution in [0.3, 0.4) is 0 Å². The summed E-state index contributed by atoms with van der Waals surface area (Å²) in [5.74, 6) is 0.482. The summed E-state index contributed by atoms with van der Waals surface area (Å²) in [6, 6.07) is 14.8. The molecule has 2 aromatic carbocycles. The molecule has 0 aliphatic rings. The quantitative estimate of drug-likeness (QED) is 0.587. The standard InChI is InChI=1S/C20H19Cl2N3O2/c1-24(10-11-27-19-9-5-4-8-18(19)22)20(26)16-12-23-25(14-16)13-15-6-2-3-7-17(15)21/h2-9,12,14H,10-11,13H2,1H3. The van der Waals surface area contributed by atoms with Crippen LogP contribution in [0, 0.1) is 0 Å². The van der Waals surface area contributed by atoms with Gasteiger partial charge in [-0.2, -0.15) is 5.10 Å². The van der Waals surface area contributed by atoms with Gasteiger partial charge >= 0.3 is 0 Å². The number of carbonyl (C=O) groups excluding carboxylic acids is 1. The van der Waals surface area contributed by atoms with Crippen LogP contribution in [0.15, 0.2) is 60.9 Å². The van der Waals surface area contributed by atoms with E-state index in [1.54, 1.807) is 41.2 Å². The normalized spacial score (nSPS) is 10.6. The number of likely N-dealkylation sites (N-methyl/N-ethyl adjacent to an activating group) is 1. The van der Waals surface area contributed by atoms with Crippen LogP contribution >= 0.6 is 23.2 Å². The van der Waals surface area contributed by atoms with Crippen molar-refractivity contribution in [1.82, 2.24) is 14.7 Å². The Kier molecular flexibility index (Phi) is 6.37. The summed E-state index contributed by atoms with van der Waals surface area (Å²) in [6.07, 6.45) is 3.28. The second-order valence-electron chi connectivity index (χ2n) is 6.02. The highest BCUT2D eigenvalue weighted by molar-refractivity contribution is 6.32. The van der Waals surface area contributed by atoms with Crippen LogP contribution in [0.5, 0.6) is 5.75 Å². The molecule has 1 heterocycles. The summed E-state index contributed by atoms with van der Waals surface area (Å²) in [7, 11) is 1.73. The number of ether oxygens (including phenoxy) is 1. The highest BCUT2D eigenvalue weighted by Crippen LogP contribution is 2.23. The van der Waals surface area contributed by atoms with E-state index >= 15 is 0 Å². The van der Waals surface area contributed by atoms with E-state index in [0.717, 1.165) is 5.56 Å². The Hall–Kier alpha value is -2.50. The summed E-state index contributed by atoms with van der Waals surface area (Å²) in [6.45, 7) is 1.28. The average molecular weight is 404 g/mol. The number of aromatic nitrogens is 2. The first kappa shape index (κ1) is 19.3. The summed E-state index contributed by atoms with van der Waals surface area (Å²) >= 11 is 12.2. The Morgan fingerprint density at radius 3 is 2.56 bits per heavy atom. The minimum atomic E-state index is -0.122. The Bertz CT molecular complexity index is 927. The number of benzene rings is 2. The van der Waals surface area contributed by atoms with Crippen molar-refractivity contribution in [3.8, 4) is 5.75 Å². The van der Waals surface area contributed by atoms with Gasteiger partial charge in [-0.3, -0.25) is 9.48 Å². The van der Waals surface area contributed by atoms with E-state index in [0.29, 0.717) is 41.1 Å². The molecule has 0 saturated carbocycles. The number of amides is 1. The van der Waals surface area contributed by atoms with Crippen molar-refractivity contribution >= 4 is 29.1 Å². The summed E-state index contributed by atoms with van der Waals surface area (Å²) < 4.78 is 7.33. The monoisotopic (exact) mass is 403 g/mol. The molecule has 0 bridgehead atoms. The molecule has 0 N–H and O–H groups in total. The van der Waals surface area contributed by atoms with Crippen molar-refractivity contribution in [3.05, 3.63) is 82.1 Å². The van der Waals surface area contributed by atoms with E-state index < -0.39 is 0 Å². The first-order valence-electron chi connectivity index (χ1n) is 8.43. The van der Waals surface area contributed by atoms with Crippen LogP contribution in [0.2, 0.25) is 10.0 Å². The molecule has 0 saturated heterocycles. The maximum atomic E-state index is 12.6. The number of hydrogen-bond acceptors (Lipinski definition) is 3. The van der Waals surface area contributed by atoms with Crippen LogP contribution < -0.4 is 4.74 Å². The molecule has 140 valence electrons. The molecular weight excluding hydrogens is 385 g/mol. The van der Waals surface area contributed by atoms with Crippen LogP contribution in [-0.4, -0.2) is 40.8 Å². The van der Waals surface area contributed by atoms with Crippen molar-refractivity contribution < 1.29 is 9.53 Å². The number of nitrogens with zero attached hydrogens (tertiary/aromatic N) is 3. The molecule has 27 heavy (non-hydrogen) atoms. The van der Waals surface area contributed by atoms with Crippen LogP contribution in [0.4, 0.5) is 0 Å². The van der Waals surface area contributed by atoms with Gasteiger partial charge in [0.15, 0.2) is 0 Å². The van der Waals surface area contributed by atoms with Gasteiger partial charge < -0.3 is 9.64 Å². The molecule has 7 heteroatoms. The summed E-state index contributed by atoms with van der Waals surface area (Å²) in [5, 5.41) is 5.48. The Morgan fingerprint density at radius 1 is 1.11 bits per heavy atom. The molecule has 0 aliphatic carbocycles. The SMILES string of the molecule is CN(CCOc1ccccc1Cl)C(=O)c1cnn(Cc2ccccc2Cl)c1. The molecule has 0 aliphatic heterocycles. The molecular formula is C20H19Cl2N3O2. The summed E-state index contributed by atoms with van der Waals surface area (Å²) in [5.41, 5.74) is 1.46. The lowest BCUT2D eigenvalue weighted by Gasteiger charge is -2.17. The smallest absolute Gasteiger partial charge is 0.256 e. The molecule has 0 spiro atoms. The number of rotatable bonds is 7. The van der Waals surface area contributed by atoms with E-state index in [2.05, 4.69) is 5.10 Å². The fourth-order valence-corrected chi connectivity index (χ4v) is 2.92. The first-order valence-corrected chi connectivity index (χ1v) is 9.19. The lowest BCUT2D eigenvalue weighted by atomic mass is 10.2. The second kappa shape index (κ2) is 8.93. The minimum Gasteiger partial charge on any atom is -0.490 e. The van der Waals surface area contributed by atoms with E-state index in [1.807, 2.05) is 36.4 Å². The van der Waals surface area contributed by atoms with Crippen molar-refractivity contribution in [2.45, 2.75) is 6.54 Å². The van der Waals surface area contributed by atoms with Crippen molar-refractivity contribution in [1.29, 1.82) is 0 Å². The fourth-order valence-electron chi connectivity index (χ4n) is 2.54. The second-order valence-corrected chi connectivity index (χ2v) is 6.84. The van der Waals surface area contributed by atoms with Gasteiger partial charge in [0.1, 0.15) is 12.4 Å². The zero-order chi connectivity index (χ0) is 19.2. The van der Waals surface area contributed by atoms with Gasteiger partial charge in [-0.05, 0) is 23.8 Å². The Morgan fingerprint density at radius 2 is 1.81 bits per heavy atom. The number of carbonyl (C=O) groups is 1. The number of para-hydroxylation sites is 1. The zero-order valence-electron chi connectivity index (χ0n) is 14.8. The highest BCUT2D eigenvalue weighted by Gasteiger charge is 2.14. The van der Waals surface area contributed by atoms with Gasteiger partial charge in [0.05, 0.1) is 29.9 Å². The van der Waals surface area contributed by atoms with Crippen LogP contribution in [0.25, 0.3) is 0 Å². The molecule has 0 atom stereocenters. The molecule has 3 rings (SSSR count). The molecule has 1 aromatic heterocycles. The predicted molar refractivity (Wildman–Crippen MR) is 107 cm³/mol.